The van der Waals surface area contributed by atoms with Crippen LogP contribution in [0, 0.1) is 10.1 Å². The number of hydrogen-bond donors (Lipinski definition) is 1. The Morgan fingerprint density at radius 2 is 2.10 bits per heavy atom. The van der Waals surface area contributed by atoms with Gasteiger partial charge >= 0.3 is 0 Å². The fourth-order valence-electron chi connectivity index (χ4n) is 1.80. The lowest BCUT2D eigenvalue weighted by Crippen LogP contribution is -2.22. The van der Waals surface area contributed by atoms with E-state index in [1.54, 1.807) is 0 Å². The molecule has 0 fully saturated rings. The van der Waals surface area contributed by atoms with Crippen LogP contribution < -0.4 is 10.6 Å². The van der Waals surface area contributed by atoms with Gasteiger partial charge in [-0.3, -0.25) is 10.1 Å². The van der Waals surface area contributed by atoms with Crippen molar-refractivity contribution in [2.45, 2.75) is 13.8 Å². The summed E-state index contributed by atoms with van der Waals surface area (Å²) < 4.78 is 5.15. The molecule has 1 aromatic carbocycles. The Labute approximate surface area is 115 Å². The molecule has 8 nitrogen and oxygen atoms in total. The van der Waals surface area contributed by atoms with Crippen molar-refractivity contribution in [1.82, 2.24) is 10.1 Å². The number of nitrogen functional groups attached to an aromatic ring is 1. The van der Waals surface area contributed by atoms with E-state index in [1.807, 2.05) is 18.7 Å². The first-order valence-electron chi connectivity index (χ1n) is 6.19. The molecule has 0 aliphatic heterocycles. The maximum Gasteiger partial charge on any atom is 0.270 e. The molecule has 0 spiro atoms. The van der Waals surface area contributed by atoms with Crippen molar-refractivity contribution in [2.75, 3.05) is 23.7 Å². The largest absolute Gasteiger partial charge is 0.398 e. The quantitative estimate of drug-likeness (QED) is 0.505. The van der Waals surface area contributed by atoms with Gasteiger partial charge in [0, 0.05) is 30.9 Å². The fraction of sp³-hybridized carbons (Fsp3) is 0.333. The molecule has 0 saturated heterocycles. The van der Waals surface area contributed by atoms with Crippen LogP contribution in [0.15, 0.2) is 22.7 Å². The van der Waals surface area contributed by atoms with Crippen LogP contribution >= 0.6 is 0 Å². The van der Waals surface area contributed by atoms with Crippen LogP contribution in [0.5, 0.6) is 0 Å². The number of nitro groups is 1. The first-order chi connectivity index (χ1) is 9.56. The highest BCUT2D eigenvalue weighted by Gasteiger charge is 2.17. The summed E-state index contributed by atoms with van der Waals surface area (Å²) in [5, 5.41) is 14.7. The highest BCUT2D eigenvalue weighted by molar-refractivity contribution is 5.73. The Morgan fingerprint density at radius 1 is 1.40 bits per heavy atom. The third-order valence-corrected chi connectivity index (χ3v) is 2.94. The molecule has 8 heteroatoms. The number of nitro benzene ring substituents is 1. The molecule has 1 heterocycles. The Kier molecular flexibility index (Phi) is 3.83. The Hall–Kier alpha value is -2.64. The van der Waals surface area contributed by atoms with Gasteiger partial charge in [0.05, 0.1) is 10.5 Å². The third kappa shape index (κ3) is 2.53. The molecule has 20 heavy (non-hydrogen) atoms. The van der Waals surface area contributed by atoms with Crippen LogP contribution in [-0.2, 0) is 0 Å². The number of non-ortho nitro benzene ring substituents is 1. The molecule has 2 aromatic rings. The zero-order chi connectivity index (χ0) is 14.7. The van der Waals surface area contributed by atoms with Crippen LogP contribution in [0.1, 0.15) is 13.8 Å². The number of benzene rings is 1. The Morgan fingerprint density at radius 3 is 2.70 bits per heavy atom. The van der Waals surface area contributed by atoms with E-state index in [9.17, 15) is 10.1 Å². The van der Waals surface area contributed by atoms with Gasteiger partial charge in [-0.1, -0.05) is 0 Å². The zero-order valence-electron chi connectivity index (χ0n) is 11.2. The van der Waals surface area contributed by atoms with Crippen LogP contribution in [0.4, 0.5) is 17.3 Å². The van der Waals surface area contributed by atoms with E-state index in [2.05, 4.69) is 10.1 Å². The van der Waals surface area contributed by atoms with E-state index < -0.39 is 4.92 Å². The van der Waals surface area contributed by atoms with Gasteiger partial charge in [-0.15, -0.1) is 0 Å². The summed E-state index contributed by atoms with van der Waals surface area (Å²) in [5.74, 6) is 0.615. The summed E-state index contributed by atoms with van der Waals surface area (Å²) in [6.45, 7) is 5.42. The van der Waals surface area contributed by atoms with E-state index in [0.29, 0.717) is 17.2 Å². The van der Waals surface area contributed by atoms with Gasteiger partial charge in [-0.2, -0.15) is 4.98 Å². The van der Waals surface area contributed by atoms with Crippen LogP contribution in [0.2, 0.25) is 0 Å². The molecular formula is C12H15N5O3. The number of aromatic nitrogens is 2. The van der Waals surface area contributed by atoms with Gasteiger partial charge < -0.3 is 15.2 Å². The molecule has 0 aliphatic carbocycles. The second kappa shape index (κ2) is 5.55. The monoisotopic (exact) mass is 277 g/mol. The first-order valence-corrected chi connectivity index (χ1v) is 6.19. The van der Waals surface area contributed by atoms with E-state index in [4.69, 9.17) is 10.3 Å². The average Bonchev–Trinajstić information content (AvgIpc) is 2.90. The maximum absolute atomic E-state index is 10.8. The van der Waals surface area contributed by atoms with Crippen molar-refractivity contribution < 1.29 is 9.45 Å². The highest BCUT2D eigenvalue weighted by atomic mass is 16.6. The molecule has 2 rings (SSSR count). The Balaban J connectivity index is 2.41. The number of anilines is 2. The topological polar surface area (TPSA) is 111 Å². The standard InChI is InChI=1S/C12H15N5O3/c1-3-16(4-2)12-14-11(20-15-12)9-7-8(17(18)19)5-6-10(9)13/h5-7H,3-4,13H2,1-2H3. The smallest absolute Gasteiger partial charge is 0.270 e. The summed E-state index contributed by atoms with van der Waals surface area (Å²) >= 11 is 0. The van der Waals surface area contributed by atoms with Crippen molar-refractivity contribution in [2.24, 2.45) is 0 Å². The number of hydrogen-bond acceptors (Lipinski definition) is 7. The van der Waals surface area contributed by atoms with Crippen molar-refractivity contribution >= 4 is 17.3 Å². The van der Waals surface area contributed by atoms with Crippen molar-refractivity contribution in [3.05, 3.63) is 28.3 Å². The first kappa shape index (κ1) is 13.8. The molecule has 0 saturated carbocycles. The number of nitrogens with zero attached hydrogens (tertiary/aromatic N) is 4. The highest BCUT2D eigenvalue weighted by Crippen LogP contribution is 2.29. The second-order valence-electron chi connectivity index (χ2n) is 4.10. The fourth-order valence-corrected chi connectivity index (χ4v) is 1.80. The zero-order valence-corrected chi connectivity index (χ0v) is 11.2. The third-order valence-electron chi connectivity index (χ3n) is 2.94. The van der Waals surface area contributed by atoms with Gasteiger partial charge in [-0.25, -0.2) is 0 Å². The average molecular weight is 277 g/mol. The van der Waals surface area contributed by atoms with E-state index in [0.717, 1.165) is 13.1 Å². The van der Waals surface area contributed by atoms with Gasteiger partial charge in [0.2, 0.25) is 0 Å². The lowest BCUT2D eigenvalue weighted by atomic mass is 10.1. The molecule has 0 bridgehead atoms. The molecule has 2 N–H and O–H groups in total. The van der Waals surface area contributed by atoms with Crippen molar-refractivity contribution in [3.63, 3.8) is 0 Å². The summed E-state index contributed by atoms with van der Waals surface area (Å²) in [5.41, 5.74) is 6.45. The lowest BCUT2D eigenvalue weighted by molar-refractivity contribution is -0.384. The van der Waals surface area contributed by atoms with Gasteiger partial charge in [0.1, 0.15) is 0 Å². The molecule has 0 unspecified atom stereocenters. The van der Waals surface area contributed by atoms with Gasteiger partial charge in [0.25, 0.3) is 17.5 Å². The summed E-state index contributed by atoms with van der Waals surface area (Å²) in [4.78, 5) is 16.4. The van der Waals surface area contributed by atoms with E-state index in [1.165, 1.54) is 18.2 Å². The molecular weight excluding hydrogens is 262 g/mol. The lowest BCUT2D eigenvalue weighted by Gasteiger charge is -2.14. The number of rotatable bonds is 5. The SMILES string of the molecule is CCN(CC)c1noc(-c2cc([N+](=O)[O-])ccc2N)n1. The normalized spacial score (nSPS) is 10.5. The molecule has 1 aromatic heterocycles. The predicted molar refractivity (Wildman–Crippen MR) is 74.4 cm³/mol. The van der Waals surface area contributed by atoms with Gasteiger partial charge in [-0.05, 0) is 25.1 Å². The Bertz CT molecular complexity index is 621. The predicted octanol–water partition coefficient (Wildman–Crippen LogP) is 2.07. The maximum atomic E-state index is 10.8. The van der Waals surface area contributed by atoms with Gasteiger partial charge in [0.15, 0.2) is 0 Å². The minimum Gasteiger partial charge on any atom is -0.398 e. The molecule has 0 radical (unpaired) electrons. The van der Waals surface area contributed by atoms with E-state index >= 15 is 0 Å². The number of nitrogens with two attached hydrogens (primary N) is 1. The van der Waals surface area contributed by atoms with Crippen molar-refractivity contribution in [1.29, 1.82) is 0 Å². The van der Waals surface area contributed by atoms with Crippen LogP contribution in [0.3, 0.4) is 0 Å². The van der Waals surface area contributed by atoms with Crippen LogP contribution in [-0.4, -0.2) is 28.2 Å². The van der Waals surface area contributed by atoms with Crippen LogP contribution in [0.25, 0.3) is 11.5 Å². The summed E-state index contributed by atoms with van der Waals surface area (Å²) in [6.07, 6.45) is 0. The van der Waals surface area contributed by atoms with E-state index in [-0.39, 0.29) is 11.6 Å². The molecule has 106 valence electrons. The molecule has 0 atom stereocenters. The molecule has 0 amide bonds. The summed E-state index contributed by atoms with van der Waals surface area (Å²) in [6, 6.07) is 4.12. The second-order valence-corrected chi connectivity index (χ2v) is 4.10. The minimum atomic E-state index is -0.495. The van der Waals surface area contributed by atoms with Crippen molar-refractivity contribution in [3.8, 4) is 11.5 Å². The molecule has 0 aliphatic rings. The minimum absolute atomic E-state index is 0.0724. The summed E-state index contributed by atoms with van der Waals surface area (Å²) in [7, 11) is 0.